The van der Waals surface area contributed by atoms with Crippen LogP contribution < -0.4 is 5.32 Å². The summed E-state index contributed by atoms with van der Waals surface area (Å²) in [5, 5.41) is 8.08. The lowest BCUT2D eigenvalue weighted by Crippen LogP contribution is -2.21. The fourth-order valence-corrected chi connectivity index (χ4v) is 4.59. The zero-order chi connectivity index (χ0) is 14.7. The summed E-state index contributed by atoms with van der Waals surface area (Å²) >= 11 is 5.14. The van der Waals surface area contributed by atoms with Gasteiger partial charge in [-0.05, 0) is 30.0 Å². The molecule has 0 aliphatic heterocycles. The lowest BCUT2D eigenvalue weighted by Gasteiger charge is -1.98. The summed E-state index contributed by atoms with van der Waals surface area (Å²) < 4.78 is 0. The van der Waals surface area contributed by atoms with E-state index in [4.69, 9.17) is 4.98 Å². The van der Waals surface area contributed by atoms with Crippen LogP contribution in [0.3, 0.4) is 0 Å². The van der Waals surface area contributed by atoms with Crippen molar-refractivity contribution in [2.24, 2.45) is 0 Å². The minimum atomic E-state index is 0.0203. The van der Waals surface area contributed by atoms with Crippen molar-refractivity contribution in [3.05, 3.63) is 39.9 Å². The first-order valence-corrected chi connectivity index (χ1v) is 9.13. The Morgan fingerprint density at radius 2 is 2.14 bits per heavy atom. The van der Waals surface area contributed by atoms with Gasteiger partial charge in [0.1, 0.15) is 5.01 Å². The minimum Gasteiger partial charge on any atom is -0.356 e. The molecule has 0 bridgehead atoms. The average molecular weight is 334 g/mol. The molecule has 0 aliphatic rings. The van der Waals surface area contributed by atoms with Crippen LogP contribution in [-0.2, 0) is 11.2 Å². The highest BCUT2D eigenvalue weighted by molar-refractivity contribution is 7.20. The zero-order valence-corrected chi connectivity index (χ0v) is 13.9. The summed E-state index contributed by atoms with van der Waals surface area (Å²) in [6.07, 6.45) is 0.867. The number of thiophene rings is 2. The summed E-state index contributed by atoms with van der Waals surface area (Å²) in [5.74, 6) is 0.0203. The fourth-order valence-electron chi connectivity index (χ4n) is 1.91. The van der Waals surface area contributed by atoms with Gasteiger partial charge in [-0.15, -0.1) is 34.0 Å². The molecule has 108 valence electrons. The van der Waals surface area contributed by atoms with Crippen LogP contribution in [0.4, 0.5) is 0 Å². The average Bonchev–Trinajstić information content (AvgIpc) is 3.19. The third-order valence-electron chi connectivity index (χ3n) is 2.90. The Bertz CT molecular complexity index is 728. The summed E-state index contributed by atoms with van der Waals surface area (Å²) in [4.78, 5) is 19.2. The van der Waals surface area contributed by atoms with Gasteiger partial charge in [0.2, 0.25) is 5.91 Å². The van der Waals surface area contributed by atoms with E-state index in [9.17, 15) is 4.79 Å². The maximum atomic E-state index is 10.9. The SMILES string of the molecule is CC(=O)NCCc1ccc(-c2csc(-c3cccs3)n2)s1. The van der Waals surface area contributed by atoms with E-state index in [1.807, 2.05) is 6.07 Å². The molecular formula is C15H14N2OS3. The molecule has 3 aromatic heterocycles. The lowest BCUT2D eigenvalue weighted by atomic mass is 10.3. The molecule has 0 aromatic carbocycles. The van der Waals surface area contributed by atoms with Gasteiger partial charge < -0.3 is 5.32 Å². The fraction of sp³-hybridized carbons (Fsp3) is 0.200. The van der Waals surface area contributed by atoms with Crippen molar-refractivity contribution in [2.45, 2.75) is 13.3 Å². The number of hydrogen-bond donors (Lipinski definition) is 1. The Morgan fingerprint density at radius 1 is 1.24 bits per heavy atom. The van der Waals surface area contributed by atoms with Crippen LogP contribution in [0.5, 0.6) is 0 Å². The Kier molecular flexibility index (Phi) is 4.48. The van der Waals surface area contributed by atoms with E-state index in [0.717, 1.165) is 17.1 Å². The molecule has 3 rings (SSSR count). The van der Waals surface area contributed by atoms with E-state index in [0.29, 0.717) is 6.54 Å². The Balaban J connectivity index is 1.70. The van der Waals surface area contributed by atoms with Gasteiger partial charge >= 0.3 is 0 Å². The maximum absolute atomic E-state index is 10.9. The molecule has 21 heavy (non-hydrogen) atoms. The van der Waals surface area contributed by atoms with Crippen LogP contribution in [0.2, 0.25) is 0 Å². The highest BCUT2D eigenvalue weighted by Crippen LogP contribution is 2.34. The summed E-state index contributed by atoms with van der Waals surface area (Å²) in [5.41, 5.74) is 1.04. The quantitative estimate of drug-likeness (QED) is 0.757. The smallest absolute Gasteiger partial charge is 0.216 e. The second-order valence-electron chi connectivity index (χ2n) is 4.51. The number of carbonyl (C=O) groups excluding carboxylic acids is 1. The van der Waals surface area contributed by atoms with Crippen molar-refractivity contribution in [3.8, 4) is 20.5 Å². The van der Waals surface area contributed by atoms with Gasteiger partial charge in [0, 0.05) is 23.7 Å². The van der Waals surface area contributed by atoms with Gasteiger partial charge in [0.25, 0.3) is 0 Å². The summed E-state index contributed by atoms with van der Waals surface area (Å²) in [7, 11) is 0. The maximum Gasteiger partial charge on any atom is 0.216 e. The first-order chi connectivity index (χ1) is 10.2. The van der Waals surface area contributed by atoms with Crippen LogP contribution in [0, 0.1) is 0 Å². The standard InChI is InChI=1S/C15H14N2OS3/c1-10(18)16-7-6-11-4-5-13(21-11)12-9-20-15(17-12)14-3-2-8-19-14/h2-5,8-9H,6-7H2,1H3,(H,16,18). The van der Waals surface area contributed by atoms with E-state index in [1.54, 1.807) is 40.9 Å². The van der Waals surface area contributed by atoms with E-state index >= 15 is 0 Å². The zero-order valence-electron chi connectivity index (χ0n) is 11.5. The second kappa shape index (κ2) is 6.51. The highest BCUT2D eigenvalue weighted by atomic mass is 32.1. The van der Waals surface area contributed by atoms with Crippen LogP contribution in [0.1, 0.15) is 11.8 Å². The minimum absolute atomic E-state index is 0.0203. The van der Waals surface area contributed by atoms with Crippen molar-refractivity contribution in [3.63, 3.8) is 0 Å². The molecule has 0 unspecified atom stereocenters. The first-order valence-electron chi connectivity index (χ1n) is 6.55. The highest BCUT2D eigenvalue weighted by Gasteiger charge is 2.09. The van der Waals surface area contributed by atoms with Gasteiger partial charge in [0.15, 0.2) is 0 Å². The number of nitrogens with zero attached hydrogens (tertiary/aromatic N) is 1. The van der Waals surface area contributed by atoms with Crippen LogP contribution >= 0.6 is 34.0 Å². The van der Waals surface area contributed by atoms with Crippen molar-refractivity contribution < 1.29 is 4.79 Å². The predicted octanol–water partition coefficient (Wildman–Crippen LogP) is 4.28. The number of carbonyl (C=O) groups is 1. The molecule has 3 aromatic rings. The number of rotatable bonds is 5. The van der Waals surface area contributed by atoms with Crippen LogP contribution in [0.15, 0.2) is 35.0 Å². The van der Waals surface area contributed by atoms with Crippen molar-refractivity contribution in [1.29, 1.82) is 0 Å². The third kappa shape index (κ3) is 3.58. The van der Waals surface area contributed by atoms with E-state index in [2.05, 4.69) is 34.3 Å². The number of hydrogen-bond acceptors (Lipinski definition) is 5. The number of aromatic nitrogens is 1. The van der Waals surface area contributed by atoms with Gasteiger partial charge in [-0.3, -0.25) is 4.79 Å². The van der Waals surface area contributed by atoms with Crippen molar-refractivity contribution in [1.82, 2.24) is 10.3 Å². The molecular weight excluding hydrogens is 320 g/mol. The van der Waals surface area contributed by atoms with Crippen molar-refractivity contribution >= 4 is 39.9 Å². The molecule has 0 saturated carbocycles. The Morgan fingerprint density at radius 3 is 2.90 bits per heavy atom. The molecule has 0 saturated heterocycles. The van der Waals surface area contributed by atoms with E-state index < -0.39 is 0 Å². The molecule has 6 heteroatoms. The molecule has 0 aliphatic carbocycles. The lowest BCUT2D eigenvalue weighted by molar-refractivity contribution is -0.118. The molecule has 1 amide bonds. The van der Waals surface area contributed by atoms with E-state index in [-0.39, 0.29) is 5.91 Å². The first kappa shape index (κ1) is 14.4. The molecule has 1 N–H and O–H groups in total. The molecule has 3 heterocycles. The number of thiazole rings is 1. The van der Waals surface area contributed by atoms with Crippen LogP contribution in [-0.4, -0.2) is 17.4 Å². The van der Waals surface area contributed by atoms with Gasteiger partial charge in [-0.1, -0.05) is 6.07 Å². The van der Waals surface area contributed by atoms with Crippen LogP contribution in [0.25, 0.3) is 20.5 Å². The summed E-state index contributed by atoms with van der Waals surface area (Å²) in [6, 6.07) is 8.37. The summed E-state index contributed by atoms with van der Waals surface area (Å²) in [6.45, 7) is 2.23. The van der Waals surface area contributed by atoms with Gasteiger partial charge in [-0.2, -0.15) is 0 Å². The molecule has 3 nitrogen and oxygen atoms in total. The molecule has 0 fully saturated rings. The Hall–Kier alpha value is -1.50. The van der Waals surface area contributed by atoms with E-state index in [1.165, 1.54) is 14.6 Å². The van der Waals surface area contributed by atoms with Gasteiger partial charge in [0.05, 0.1) is 15.4 Å². The Labute approximate surface area is 135 Å². The normalized spacial score (nSPS) is 10.7. The molecule has 0 atom stereocenters. The molecule has 0 radical (unpaired) electrons. The number of nitrogens with one attached hydrogen (secondary N) is 1. The second-order valence-corrected chi connectivity index (χ2v) is 7.49. The third-order valence-corrected chi connectivity index (χ3v) is 5.94. The monoisotopic (exact) mass is 334 g/mol. The number of amides is 1. The largest absolute Gasteiger partial charge is 0.356 e. The molecule has 0 spiro atoms. The van der Waals surface area contributed by atoms with Crippen molar-refractivity contribution in [2.75, 3.05) is 6.54 Å². The predicted molar refractivity (Wildman–Crippen MR) is 91.1 cm³/mol. The topological polar surface area (TPSA) is 42.0 Å². The van der Waals surface area contributed by atoms with Gasteiger partial charge in [-0.25, -0.2) is 4.98 Å².